The van der Waals surface area contributed by atoms with Crippen LogP contribution < -0.4 is 4.90 Å². The first-order valence-electron chi connectivity index (χ1n) is 18.6. The van der Waals surface area contributed by atoms with Crippen molar-refractivity contribution in [2.45, 2.75) is 19.3 Å². The maximum absolute atomic E-state index is 6.99. The molecule has 0 amide bonds. The van der Waals surface area contributed by atoms with Gasteiger partial charge in [0.25, 0.3) is 0 Å². The van der Waals surface area contributed by atoms with Gasteiger partial charge in [-0.05, 0) is 93.5 Å². The summed E-state index contributed by atoms with van der Waals surface area (Å²) in [6, 6.07) is 62.8. The van der Waals surface area contributed by atoms with E-state index in [4.69, 9.17) is 8.83 Å². The molecule has 0 aliphatic heterocycles. The Morgan fingerprint density at radius 2 is 1.07 bits per heavy atom. The second-order valence-electron chi connectivity index (χ2n) is 14.9. The maximum atomic E-state index is 6.99. The van der Waals surface area contributed by atoms with Crippen molar-refractivity contribution in [1.82, 2.24) is 0 Å². The van der Waals surface area contributed by atoms with Crippen LogP contribution in [0.3, 0.4) is 0 Å². The molecule has 2 heterocycles. The van der Waals surface area contributed by atoms with Crippen molar-refractivity contribution in [2.75, 3.05) is 4.90 Å². The number of nitrogens with zero attached hydrogens (tertiary/aromatic N) is 1. The van der Waals surface area contributed by atoms with Crippen molar-refractivity contribution in [2.24, 2.45) is 0 Å². The largest absolute Gasteiger partial charge is 0.456 e. The highest BCUT2D eigenvalue weighted by Gasteiger charge is 2.36. The van der Waals surface area contributed by atoms with Crippen LogP contribution >= 0.6 is 0 Å². The SMILES string of the molecule is CC1(C)c2ccccc2-c2ccc(N(c3ccc4oc5ccccc5c4c3)c3cccc4oc5c(-c6ccccc6)c(-c6ccccc6)ccc5c34)cc21. The maximum Gasteiger partial charge on any atom is 0.143 e. The van der Waals surface area contributed by atoms with Crippen molar-refractivity contribution in [1.29, 1.82) is 0 Å². The monoisotopic (exact) mass is 693 g/mol. The van der Waals surface area contributed by atoms with E-state index in [1.54, 1.807) is 0 Å². The van der Waals surface area contributed by atoms with Crippen molar-refractivity contribution < 1.29 is 8.83 Å². The summed E-state index contributed by atoms with van der Waals surface area (Å²) in [5, 5.41) is 4.34. The molecular weight excluding hydrogens is 659 g/mol. The molecule has 3 nitrogen and oxygen atoms in total. The van der Waals surface area contributed by atoms with Crippen molar-refractivity contribution in [3.63, 3.8) is 0 Å². The van der Waals surface area contributed by atoms with Gasteiger partial charge in [-0.25, -0.2) is 0 Å². The molecular formula is C51H35NO2. The number of para-hydroxylation sites is 1. The van der Waals surface area contributed by atoms with Crippen LogP contribution in [0.15, 0.2) is 185 Å². The quantitative estimate of drug-likeness (QED) is 0.180. The average molecular weight is 694 g/mol. The van der Waals surface area contributed by atoms with Crippen molar-refractivity contribution >= 4 is 60.9 Å². The number of fused-ring (bicyclic) bond motifs is 9. The molecule has 1 aliphatic rings. The van der Waals surface area contributed by atoms with E-state index in [1.807, 2.05) is 12.1 Å². The number of anilines is 3. The normalized spacial score (nSPS) is 13.1. The lowest BCUT2D eigenvalue weighted by atomic mass is 9.82. The van der Waals surface area contributed by atoms with Gasteiger partial charge in [-0.2, -0.15) is 0 Å². The number of hydrogen-bond acceptors (Lipinski definition) is 3. The van der Waals surface area contributed by atoms with Gasteiger partial charge in [0.05, 0.1) is 11.1 Å². The van der Waals surface area contributed by atoms with Crippen LogP contribution in [0.2, 0.25) is 0 Å². The Bertz CT molecular complexity index is 3080. The number of hydrogen-bond donors (Lipinski definition) is 0. The lowest BCUT2D eigenvalue weighted by Crippen LogP contribution is -2.16. The van der Waals surface area contributed by atoms with Crippen LogP contribution in [-0.2, 0) is 5.41 Å². The molecule has 1 aliphatic carbocycles. The Morgan fingerprint density at radius 3 is 1.93 bits per heavy atom. The highest BCUT2D eigenvalue weighted by molar-refractivity contribution is 6.18. The molecule has 54 heavy (non-hydrogen) atoms. The third-order valence-electron chi connectivity index (χ3n) is 11.5. The van der Waals surface area contributed by atoms with E-state index in [0.29, 0.717) is 0 Å². The van der Waals surface area contributed by atoms with Crippen LogP contribution in [0.1, 0.15) is 25.0 Å². The van der Waals surface area contributed by atoms with Gasteiger partial charge in [0.15, 0.2) is 0 Å². The molecule has 0 bridgehead atoms. The predicted octanol–water partition coefficient (Wildman–Crippen LogP) is 14.6. The summed E-state index contributed by atoms with van der Waals surface area (Å²) in [6.07, 6.45) is 0. The van der Waals surface area contributed by atoms with Crippen molar-refractivity contribution in [3.05, 3.63) is 187 Å². The second-order valence-corrected chi connectivity index (χ2v) is 14.9. The van der Waals surface area contributed by atoms with Gasteiger partial charge in [0, 0.05) is 38.5 Å². The fraction of sp³-hybridized carbons (Fsp3) is 0.0588. The number of benzene rings is 8. The predicted molar refractivity (Wildman–Crippen MR) is 224 cm³/mol. The molecule has 2 aromatic heterocycles. The Labute approximate surface area is 313 Å². The summed E-state index contributed by atoms with van der Waals surface area (Å²) < 4.78 is 13.3. The zero-order chi connectivity index (χ0) is 36.0. The molecule has 10 aromatic rings. The zero-order valence-electron chi connectivity index (χ0n) is 30.0. The smallest absolute Gasteiger partial charge is 0.143 e. The average Bonchev–Trinajstić information content (AvgIpc) is 3.86. The van der Waals surface area contributed by atoms with Crippen LogP contribution in [0, 0.1) is 0 Å². The Balaban J connectivity index is 1.20. The van der Waals surface area contributed by atoms with Gasteiger partial charge < -0.3 is 13.7 Å². The first-order chi connectivity index (χ1) is 26.5. The van der Waals surface area contributed by atoms with Crippen LogP contribution in [0.5, 0.6) is 0 Å². The van der Waals surface area contributed by atoms with Crippen molar-refractivity contribution in [3.8, 4) is 33.4 Å². The molecule has 0 saturated heterocycles. The highest BCUT2D eigenvalue weighted by Crippen LogP contribution is 2.52. The minimum Gasteiger partial charge on any atom is -0.456 e. The molecule has 0 atom stereocenters. The molecule has 0 saturated carbocycles. The molecule has 256 valence electrons. The fourth-order valence-electron chi connectivity index (χ4n) is 8.92. The van der Waals surface area contributed by atoms with Crippen LogP contribution in [-0.4, -0.2) is 0 Å². The van der Waals surface area contributed by atoms with Crippen LogP contribution in [0.25, 0.3) is 77.3 Å². The summed E-state index contributed by atoms with van der Waals surface area (Å²) in [6.45, 7) is 4.68. The number of furan rings is 2. The topological polar surface area (TPSA) is 29.5 Å². The standard InChI is InChI=1S/C51H35NO2/c1-51(2)42-20-11-9-18-37(42)38-26-24-35(31-43(38)51)52(34-25-29-46-41(30-34)39-19-10-12-22-45(39)53-46)44-21-13-23-47-49(44)40-28-27-36(32-14-5-3-6-15-32)48(50(40)54-47)33-16-7-4-8-17-33/h3-31H,1-2H3. The Kier molecular flexibility index (Phi) is 6.60. The molecule has 3 heteroatoms. The van der Waals surface area contributed by atoms with E-state index < -0.39 is 0 Å². The summed E-state index contributed by atoms with van der Waals surface area (Å²) in [4.78, 5) is 2.41. The Morgan fingerprint density at radius 1 is 0.426 bits per heavy atom. The Hall–Kier alpha value is -6.84. The summed E-state index contributed by atoms with van der Waals surface area (Å²) >= 11 is 0. The van der Waals surface area contributed by atoms with E-state index in [0.717, 1.165) is 83.2 Å². The van der Waals surface area contributed by atoms with Gasteiger partial charge in [0.1, 0.15) is 22.3 Å². The van der Waals surface area contributed by atoms with Gasteiger partial charge in [-0.3, -0.25) is 0 Å². The molecule has 0 unspecified atom stereocenters. The van der Waals surface area contributed by atoms with E-state index >= 15 is 0 Å². The molecule has 0 radical (unpaired) electrons. The summed E-state index contributed by atoms with van der Waals surface area (Å²) in [7, 11) is 0. The second kappa shape index (κ2) is 11.6. The van der Waals surface area contributed by atoms with Gasteiger partial charge in [-0.1, -0.05) is 135 Å². The lowest BCUT2D eigenvalue weighted by molar-refractivity contribution is 0.660. The van der Waals surface area contributed by atoms with E-state index in [-0.39, 0.29) is 5.41 Å². The van der Waals surface area contributed by atoms with Gasteiger partial charge >= 0.3 is 0 Å². The third-order valence-corrected chi connectivity index (χ3v) is 11.5. The molecule has 0 fully saturated rings. The first kappa shape index (κ1) is 30.8. The molecule has 0 spiro atoms. The molecule has 8 aromatic carbocycles. The number of rotatable bonds is 5. The van der Waals surface area contributed by atoms with Gasteiger partial charge in [-0.15, -0.1) is 0 Å². The first-order valence-corrected chi connectivity index (χ1v) is 18.6. The molecule has 11 rings (SSSR count). The zero-order valence-corrected chi connectivity index (χ0v) is 30.0. The fourth-order valence-corrected chi connectivity index (χ4v) is 8.92. The lowest BCUT2D eigenvalue weighted by Gasteiger charge is -2.28. The van der Waals surface area contributed by atoms with E-state index in [1.165, 1.54) is 22.3 Å². The van der Waals surface area contributed by atoms with E-state index in [2.05, 4.69) is 183 Å². The summed E-state index contributed by atoms with van der Waals surface area (Å²) in [5.74, 6) is 0. The highest BCUT2D eigenvalue weighted by atomic mass is 16.3. The van der Waals surface area contributed by atoms with Crippen LogP contribution in [0.4, 0.5) is 17.1 Å². The summed E-state index contributed by atoms with van der Waals surface area (Å²) in [5.41, 5.74) is 16.3. The minimum atomic E-state index is -0.148. The molecule has 0 N–H and O–H groups in total. The van der Waals surface area contributed by atoms with E-state index in [9.17, 15) is 0 Å². The van der Waals surface area contributed by atoms with Gasteiger partial charge in [0.2, 0.25) is 0 Å². The minimum absolute atomic E-state index is 0.148. The third kappa shape index (κ3) is 4.48.